The summed E-state index contributed by atoms with van der Waals surface area (Å²) in [7, 11) is 3.79. The summed E-state index contributed by atoms with van der Waals surface area (Å²) in [6, 6.07) is 0. The van der Waals surface area contributed by atoms with Crippen molar-refractivity contribution in [2.75, 3.05) is 20.6 Å². The molecule has 1 heterocycles. The molecule has 0 aliphatic rings. The number of aromatic nitrogens is 3. The molecule has 0 aromatic carbocycles. The van der Waals surface area contributed by atoms with Gasteiger partial charge in [0, 0.05) is 6.54 Å². The van der Waals surface area contributed by atoms with Crippen molar-refractivity contribution in [3.05, 3.63) is 11.4 Å². The zero-order chi connectivity index (χ0) is 13.7. The maximum Gasteiger partial charge on any atom is 0.281 e. The Labute approximate surface area is 104 Å². The average Bonchev–Trinajstić information content (AvgIpc) is 2.59. The van der Waals surface area contributed by atoms with E-state index in [4.69, 9.17) is 5.73 Å². The molecule has 0 saturated carbocycles. The first-order chi connectivity index (χ1) is 8.41. The second kappa shape index (κ2) is 6.39. The van der Waals surface area contributed by atoms with Crippen molar-refractivity contribution in [1.82, 2.24) is 19.9 Å². The largest absolute Gasteiger partial charge is 0.369 e. The van der Waals surface area contributed by atoms with E-state index in [1.165, 1.54) is 0 Å². The summed E-state index contributed by atoms with van der Waals surface area (Å²) >= 11 is 0. The van der Waals surface area contributed by atoms with Gasteiger partial charge < -0.3 is 10.6 Å². The van der Waals surface area contributed by atoms with Crippen molar-refractivity contribution < 1.29 is 13.6 Å². The predicted molar refractivity (Wildman–Crippen MR) is 61.0 cm³/mol. The van der Waals surface area contributed by atoms with Crippen LogP contribution in [0, 0.1) is 0 Å². The van der Waals surface area contributed by atoms with Crippen LogP contribution in [0.1, 0.15) is 24.2 Å². The molecule has 0 atom stereocenters. The van der Waals surface area contributed by atoms with Crippen LogP contribution in [0.4, 0.5) is 8.78 Å². The van der Waals surface area contributed by atoms with Gasteiger partial charge in [-0.05, 0) is 27.1 Å². The SMILES string of the molecule is CN(C)CCCn1nnc(CC(N)=O)c1C(F)F. The van der Waals surface area contributed by atoms with Gasteiger partial charge in [-0.3, -0.25) is 4.79 Å². The van der Waals surface area contributed by atoms with Gasteiger partial charge in [-0.1, -0.05) is 5.21 Å². The van der Waals surface area contributed by atoms with Gasteiger partial charge in [0.1, 0.15) is 11.4 Å². The number of nitrogens with zero attached hydrogens (tertiary/aromatic N) is 4. The Morgan fingerprint density at radius 3 is 2.67 bits per heavy atom. The van der Waals surface area contributed by atoms with E-state index < -0.39 is 12.3 Å². The summed E-state index contributed by atoms with van der Waals surface area (Å²) in [5.41, 5.74) is 4.62. The molecule has 0 aliphatic heterocycles. The van der Waals surface area contributed by atoms with Gasteiger partial charge in [0.2, 0.25) is 5.91 Å². The van der Waals surface area contributed by atoms with Crippen LogP contribution in [-0.2, 0) is 17.8 Å². The molecule has 1 amide bonds. The quantitative estimate of drug-likeness (QED) is 0.760. The third-order valence-electron chi connectivity index (χ3n) is 2.37. The van der Waals surface area contributed by atoms with Crippen LogP contribution >= 0.6 is 0 Å². The lowest BCUT2D eigenvalue weighted by Gasteiger charge is -2.10. The zero-order valence-corrected chi connectivity index (χ0v) is 10.4. The van der Waals surface area contributed by atoms with E-state index in [1.54, 1.807) is 0 Å². The highest BCUT2D eigenvalue weighted by Gasteiger charge is 2.22. The first-order valence-electron chi connectivity index (χ1n) is 5.55. The highest BCUT2D eigenvalue weighted by atomic mass is 19.3. The number of amides is 1. The number of alkyl halides is 2. The van der Waals surface area contributed by atoms with Crippen LogP contribution in [0.2, 0.25) is 0 Å². The number of rotatable bonds is 7. The van der Waals surface area contributed by atoms with Crippen LogP contribution < -0.4 is 5.73 Å². The second-order valence-corrected chi connectivity index (χ2v) is 4.25. The minimum atomic E-state index is -2.71. The van der Waals surface area contributed by atoms with Crippen LogP contribution in [0.25, 0.3) is 0 Å². The van der Waals surface area contributed by atoms with Crippen LogP contribution in [-0.4, -0.2) is 46.4 Å². The highest BCUT2D eigenvalue weighted by Crippen LogP contribution is 2.21. The molecule has 0 radical (unpaired) electrons. The van der Waals surface area contributed by atoms with Gasteiger partial charge in [0.25, 0.3) is 6.43 Å². The number of aryl methyl sites for hydroxylation is 1. The summed E-state index contributed by atoms with van der Waals surface area (Å²) in [6.07, 6.45) is -2.35. The van der Waals surface area contributed by atoms with Crippen LogP contribution in [0.5, 0.6) is 0 Å². The van der Waals surface area contributed by atoms with E-state index in [9.17, 15) is 13.6 Å². The van der Waals surface area contributed by atoms with Crippen molar-refractivity contribution in [3.8, 4) is 0 Å². The Hall–Kier alpha value is -1.57. The number of carbonyl (C=O) groups is 1. The monoisotopic (exact) mass is 261 g/mol. The topological polar surface area (TPSA) is 77.0 Å². The summed E-state index contributed by atoms with van der Waals surface area (Å²) < 4.78 is 26.9. The number of hydrogen-bond acceptors (Lipinski definition) is 4. The molecule has 1 aromatic rings. The zero-order valence-electron chi connectivity index (χ0n) is 10.4. The summed E-state index contributed by atoms with van der Waals surface area (Å²) in [5, 5.41) is 7.24. The minimum absolute atomic E-state index is 0.0395. The van der Waals surface area contributed by atoms with Gasteiger partial charge >= 0.3 is 0 Å². The molecule has 0 fully saturated rings. The molecule has 102 valence electrons. The fourth-order valence-electron chi connectivity index (χ4n) is 1.59. The van der Waals surface area contributed by atoms with E-state index in [0.29, 0.717) is 13.0 Å². The van der Waals surface area contributed by atoms with Gasteiger partial charge in [0.15, 0.2) is 0 Å². The van der Waals surface area contributed by atoms with Crippen LogP contribution in [0.15, 0.2) is 0 Å². The molecule has 6 nitrogen and oxygen atoms in total. The van der Waals surface area contributed by atoms with E-state index in [2.05, 4.69) is 10.3 Å². The summed E-state index contributed by atoms with van der Waals surface area (Å²) in [6.45, 7) is 1.09. The van der Waals surface area contributed by atoms with Crippen LogP contribution in [0.3, 0.4) is 0 Å². The second-order valence-electron chi connectivity index (χ2n) is 4.25. The highest BCUT2D eigenvalue weighted by molar-refractivity contribution is 5.76. The third-order valence-corrected chi connectivity index (χ3v) is 2.37. The molecule has 1 aromatic heterocycles. The van der Waals surface area contributed by atoms with Gasteiger partial charge in [-0.15, -0.1) is 5.10 Å². The standard InChI is InChI=1S/C10H17F2N5O/c1-16(2)4-3-5-17-9(10(11)12)7(14-15-17)6-8(13)18/h10H,3-6H2,1-2H3,(H2,13,18). The average molecular weight is 261 g/mol. The number of carbonyl (C=O) groups excluding carboxylic acids is 1. The molecule has 1 rings (SSSR count). The van der Waals surface area contributed by atoms with E-state index >= 15 is 0 Å². The molecule has 0 bridgehead atoms. The van der Waals surface area contributed by atoms with Crippen molar-refractivity contribution in [1.29, 1.82) is 0 Å². The van der Waals surface area contributed by atoms with E-state index in [0.717, 1.165) is 11.2 Å². The fourth-order valence-corrected chi connectivity index (χ4v) is 1.59. The normalized spacial score (nSPS) is 11.4. The summed E-state index contributed by atoms with van der Waals surface area (Å²) in [5.74, 6) is -0.697. The molecular weight excluding hydrogens is 244 g/mol. The minimum Gasteiger partial charge on any atom is -0.369 e. The molecule has 0 unspecified atom stereocenters. The van der Waals surface area contributed by atoms with Crippen molar-refractivity contribution >= 4 is 5.91 Å². The maximum absolute atomic E-state index is 12.9. The smallest absolute Gasteiger partial charge is 0.281 e. The number of primary amides is 1. The van der Waals surface area contributed by atoms with Crippen molar-refractivity contribution in [2.24, 2.45) is 5.73 Å². The molecule has 18 heavy (non-hydrogen) atoms. The van der Waals surface area contributed by atoms with Gasteiger partial charge in [-0.2, -0.15) is 0 Å². The lowest BCUT2D eigenvalue weighted by molar-refractivity contribution is -0.117. The van der Waals surface area contributed by atoms with Gasteiger partial charge in [-0.25, -0.2) is 13.5 Å². The van der Waals surface area contributed by atoms with Gasteiger partial charge in [0.05, 0.1) is 6.42 Å². The number of hydrogen-bond donors (Lipinski definition) is 1. The Bertz CT molecular complexity index is 405. The first-order valence-corrected chi connectivity index (χ1v) is 5.55. The number of nitrogens with two attached hydrogens (primary N) is 1. The van der Waals surface area contributed by atoms with Crippen molar-refractivity contribution in [3.63, 3.8) is 0 Å². The lowest BCUT2D eigenvalue weighted by Crippen LogP contribution is -2.17. The molecule has 0 aliphatic carbocycles. The lowest BCUT2D eigenvalue weighted by atomic mass is 10.2. The predicted octanol–water partition coefficient (Wildman–Crippen LogP) is 0.195. The first kappa shape index (κ1) is 14.5. The number of halogens is 2. The molecular formula is C10H17F2N5O. The van der Waals surface area contributed by atoms with E-state index in [1.807, 2.05) is 19.0 Å². The van der Waals surface area contributed by atoms with Crippen molar-refractivity contribution in [2.45, 2.75) is 25.8 Å². The molecule has 8 heteroatoms. The Morgan fingerprint density at radius 1 is 1.50 bits per heavy atom. The summed E-state index contributed by atoms with van der Waals surface area (Å²) in [4.78, 5) is 12.7. The molecule has 2 N–H and O–H groups in total. The Kier molecular flexibility index (Phi) is 5.14. The third kappa shape index (κ3) is 4.02. The maximum atomic E-state index is 12.9. The fraction of sp³-hybridized carbons (Fsp3) is 0.700. The molecule has 0 saturated heterocycles. The van der Waals surface area contributed by atoms with E-state index in [-0.39, 0.29) is 17.8 Å². The Morgan fingerprint density at radius 2 is 2.17 bits per heavy atom. The molecule has 0 spiro atoms. The Balaban J connectivity index is 2.78.